The molecule has 2 N–H and O–H groups in total. The van der Waals surface area contributed by atoms with E-state index in [1.54, 1.807) is 0 Å². The number of ether oxygens (including phenoxy) is 2. The first kappa shape index (κ1) is 12.6. The van der Waals surface area contributed by atoms with Crippen molar-refractivity contribution in [2.24, 2.45) is 0 Å². The van der Waals surface area contributed by atoms with E-state index in [1.165, 1.54) is 19.3 Å². The van der Waals surface area contributed by atoms with Gasteiger partial charge < -0.3 is 19.7 Å². The third-order valence-corrected chi connectivity index (χ3v) is 4.40. The third-order valence-electron chi connectivity index (χ3n) is 4.40. The van der Waals surface area contributed by atoms with Crippen molar-refractivity contribution in [2.75, 3.05) is 12.5 Å². The molecule has 1 aliphatic heterocycles. The second-order valence-corrected chi connectivity index (χ2v) is 5.71. The molecule has 1 aliphatic carbocycles. The maximum atomic E-state index is 6.02. The van der Waals surface area contributed by atoms with Crippen LogP contribution in [0.1, 0.15) is 43.7 Å². The number of rotatable bonds is 2. The lowest BCUT2D eigenvalue weighted by Gasteiger charge is -2.20. The van der Waals surface area contributed by atoms with E-state index in [1.807, 2.05) is 18.2 Å². The van der Waals surface area contributed by atoms with Crippen LogP contribution in [-0.4, -0.2) is 11.9 Å². The Balaban J connectivity index is 1.75. The van der Waals surface area contributed by atoms with Crippen LogP contribution in [0.2, 0.25) is 0 Å². The number of hydrogen-bond acceptors (Lipinski definition) is 5. The summed E-state index contributed by atoms with van der Waals surface area (Å²) in [6.45, 7) is 0.271. The summed E-state index contributed by atoms with van der Waals surface area (Å²) in [6.07, 6.45) is 6.12. The first-order valence-corrected chi connectivity index (χ1v) is 7.48. The van der Waals surface area contributed by atoms with Crippen LogP contribution in [-0.2, 0) is 0 Å². The Morgan fingerprint density at radius 3 is 2.71 bits per heavy atom. The Labute approximate surface area is 123 Å². The van der Waals surface area contributed by atoms with Gasteiger partial charge in [-0.3, -0.25) is 0 Å². The van der Waals surface area contributed by atoms with Gasteiger partial charge in [-0.2, -0.15) is 0 Å². The number of anilines is 1. The van der Waals surface area contributed by atoms with E-state index in [0.717, 1.165) is 41.2 Å². The molecule has 1 aromatic carbocycles. The number of nitrogen functional groups attached to an aromatic ring is 1. The summed E-state index contributed by atoms with van der Waals surface area (Å²) in [5.74, 6) is 2.35. The Morgan fingerprint density at radius 1 is 1.05 bits per heavy atom. The Hall–Kier alpha value is -2.17. The molecule has 21 heavy (non-hydrogen) atoms. The van der Waals surface area contributed by atoms with Crippen molar-refractivity contribution in [1.29, 1.82) is 0 Å². The first-order valence-electron chi connectivity index (χ1n) is 7.48. The normalized spacial score (nSPS) is 18.1. The van der Waals surface area contributed by atoms with Crippen molar-refractivity contribution in [3.8, 4) is 22.6 Å². The smallest absolute Gasteiger partial charge is 0.231 e. The second-order valence-electron chi connectivity index (χ2n) is 5.71. The lowest BCUT2D eigenvalue weighted by atomic mass is 9.84. The maximum absolute atomic E-state index is 6.02. The van der Waals surface area contributed by atoms with Crippen molar-refractivity contribution >= 4 is 5.88 Å². The molecule has 1 aromatic heterocycles. The highest BCUT2D eigenvalue weighted by Crippen LogP contribution is 2.43. The van der Waals surface area contributed by atoms with Crippen LogP contribution >= 0.6 is 0 Å². The monoisotopic (exact) mass is 286 g/mol. The Bertz CT molecular complexity index is 660. The summed E-state index contributed by atoms with van der Waals surface area (Å²) in [4.78, 5) is 0. The summed E-state index contributed by atoms with van der Waals surface area (Å²) >= 11 is 0. The third kappa shape index (κ3) is 2.13. The average Bonchev–Trinajstić information content (AvgIpc) is 3.13. The van der Waals surface area contributed by atoms with Gasteiger partial charge in [0.25, 0.3) is 0 Å². The fraction of sp³-hybridized carbons (Fsp3) is 0.438. The molecule has 0 spiro atoms. The molecule has 2 aromatic rings. The summed E-state index contributed by atoms with van der Waals surface area (Å²) < 4.78 is 16.1. The number of aromatic nitrogens is 1. The molecule has 0 bridgehead atoms. The predicted octanol–water partition coefficient (Wildman–Crippen LogP) is 3.70. The highest BCUT2D eigenvalue weighted by Gasteiger charge is 2.26. The number of fused-ring (bicyclic) bond motifs is 1. The van der Waals surface area contributed by atoms with Crippen LogP contribution in [0.3, 0.4) is 0 Å². The molecule has 0 radical (unpaired) electrons. The molecule has 5 heteroatoms. The number of hydrogen-bond donors (Lipinski definition) is 1. The zero-order valence-electron chi connectivity index (χ0n) is 11.8. The summed E-state index contributed by atoms with van der Waals surface area (Å²) in [6, 6.07) is 5.86. The van der Waals surface area contributed by atoms with Crippen LogP contribution in [0, 0.1) is 0 Å². The van der Waals surface area contributed by atoms with Gasteiger partial charge in [-0.15, -0.1) is 0 Å². The highest BCUT2D eigenvalue weighted by molar-refractivity contribution is 5.77. The molecule has 0 atom stereocenters. The van der Waals surface area contributed by atoms with Gasteiger partial charge in [0.1, 0.15) is 0 Å². The van der Waals surface area contributed by atoms with Crippen LogP contribution in [0.25, 0.3) is 11.1 Å². The average molecular weight is 286 g/mol. The van der Waals surface area contributed by atoms with Gasteiger partial charge >= 0.3 is 0 Å². The topological polar surface area (TPSA) is 70.5 Å². The highest BCUT2D eigenvalue weighted by atomic mass is 16.7. The van der Waals surface area contributed by atoms with Gasteiger partial charge in [-0.25, -0.2) is 0 Å². The minimum Gasteiger partial charge on any atom is -0.454 e. The second kappa shape index (κ2) is 4.98. The minimum atomic E-state index is 0.271. The lowest BCUT2D eigenvalue weighted by Crippen LogP contribution is -2.06. The van der Waals surface area contributed by atoms with Gasteiger partial charge in [0.05, 0.1) is 11.3 Å². The van der Waals surface area contributed by atoms with Crippen molar-refractivity contribution in [2.45, 2.75) is 38.0 Å². The zero-order chi connectivity index (χ0) is 14.2. The Kier molecular flexibility index (Phi) is 2.98. The number of benzene rings is 1. The quantitative estimate of drug-likeness (QED) is 0.911. The predicted molar refractivity (Wildman–Crippen MR) is 78.3 cm³/mol. The molecular formula is C16H18N2O3. The van der Waals surface area contributed by atoms with Crippen LogP contribution < -0.4 is 15.2 Å². The van der Waals surface area contributed by atoms with E-state index < -0.39 is 0 Å². The van der Waals surface area contributed by atoms with Gasteiger partial charge in [0, 0.05) is 5.92 Å². The molecule has 1 saturated carbocycles. The van der Waals surface area contributed by atoms with Gasteiger partial charge in [-0.05, 0) is 30.5 Å². The fourth-order valence-corrected chi connectivity index (χ4v) is 3.31. The number of nitrogens with two attached hydrogens (primary N) is 1. The van der Waals surface area contributed by atoms with Crippen LogP contribution in [0.4, 0.5) is 5.88 Å². The lowest BCUT2D eigenvalue weighted by molar-refractivity contribution is 0.174. The molecule has 0 amide bonds. The van der Waals surface area contributed by atoms with Crippen molar-refractivity contribution < 1.29 is 14.0 Å². The van der Waals surface area contributed by atoms with E-state index in [0.29, 0.717) is 11.8 Å². The SMILES string of the molecule is Nc1onc(C2CCCCC2)c1-c1ccc2c(c1)OCO2. The molecule has 0 unspecified atom stereocenters. The summed E-state index contributed by atoms with van der Waals surface area (Å²) in [5.41, 5.74) is 8.92. The molecule has 2 aliphatic rings. The van der Waals surface area contributed by atoms with Crippen molar-refractivity contribution in [3.63, 3.8) is 0 Å². The minimum absolute atomic E-state index is 0.271. The van der Waals surface area contributed by atoms with Crippen LogP contribution in [0.15, 0.2) is 22.7 Å². The van der Waals surface area contributed by atoms with E-state index in [4.69, 9.17) is 19.7 Å². The van der Waals surface area contributed by atoms with E-state index in [-0.39, 0.29) is 6.79 Å². The van der Waals surface area contributed by atoms with Gasteiger partial charge in [-0.1, -0.05) is 30.5 Å². The van der Waals surface area contributed by atoms with E-state index in [2.05, 4.69) is 5.16 Å². The standard InChI is InChI=1S/C16H18N2O3/c17-16-14(11-6-7-12-13(8-11)20-9-19-12)15(18-21-16)10-4-2-1-3-5-10/h6-8,10H,1-5,9,17H2. The molecule has 1 fully saturated rings. The molecule has 5 nitrogen and oxygen atoms in total. The molecular weight excluding hydrogens is 268 g/mol. The van der Waals surface area contributed by atoms with Gasteiger partial charge in [0.15, 0.2) is 11.5 Å². The van der Waals surface area contributed by atoms with Crippen molar-refractivity contribution in [3.05, 3.63) is 23.9 Å². The van der Waals surface area contributed by atoms with Crippen molar-refractivity contribution in [1.82, 2.24) is 5.16 Å². The van der Waals surface area contributed by atoms with E-state index in [9.17, 15) is 0 Å². The fourth-order valence-electron chi connectivity index (χ4n) is 3.31. The maximum Gasteiger partial charge on any atom is 0.231 e. The van der Waals surface area contributed by atoms with Crippen LogP contribution in [0.5, 0.6) is 11.5 Å². The summed E-state index contributed by atoms with van der Waals surface area (Å²) in [7, 11) is 0. The van der Waals surface area contributed by atoms with Gasteiger partial charge in [0.2, 0.25) is 12.7 Å². The first-order chi connectivity index (χ1) is 10.3. The largest absolute Gasteiger partial charge is 0.454 e. The number of nitrogens with zero attached hydrogens (tertiary/aromatic N) is 1. The summed E-state index contributed by atoms with van der Waals surface area (Å²) in [5, 5.41) is 4.24. The molecule has 0 saturated heterocycles. The molecule has 4 rings (SSSR count). The molecule has 2 heterocycles. The molecule has 110 valence electrons. The Morgan fingerprint density at radius 2 is 1.86 bits per heavy atom. The van der Waals surface area contributed by atoms with E-state index >= 15 is 0 Å². The zero-order valence-corrected chi connectivity index (χ0v) is 11.8.